The van der Waals surface area contributed by atoms with Crippen LogP contribution in [0.3, 0.4) is 0 Å². The van der Waals surface area contributed by atoms with Crippen LogP contribution in [0.4, 0.5) is 0 Å². The molecule has 0 amide bonds. The molecule has 2 aliphatic rings. The maximum Gasteiger partial charge on any atom is 0.494 e. The Morgan fingerprint density at radius 3 is 2.15 bits per heavy atom. The highest BCUT2D eigenvalue weighted by atomic mass is 16.7. The largest absolute Gasteiger partial charge is 0.494 e. The minimum absolute atomic E-state index is 0.340. The Labute approximate surface area is 161 Å². The van der Waals surface area contributed by atoms with Gasteiger partial charge in [-0.3, -0.25) is 0 Å². The molecule has 2 aromatic rings. The van der Waals surface area contributed by atoms with Crippen molar-refractivity contribution >= 4 is 12.6 Å². The maximum atomic E-state index is 6.10. The van der Waals surface area contributed by atoms with Gasteiger partial charge in [0.15, 0.2) is 0 Å². The molecular weight excluding hydrogens is 339 g/mol. The minimum atomic E-state index is -0.358. The summed E-state index contributed by atoms with van der Waals surface area (Å²) in [6.07, 6.45) is 2.57. The van der Waals surface area contributed by atoms with Crippen molar-refractivity contribution in [3.05, 3.63) is 48.5 Å². The summed E-state index contributed by atoms with van der Waals surface area (Å²) in [6, 6.07) is 15.7. The molecule has 0 unspecified atom stereocenters. The van der Waals surface area contributed by atoms with Crippen LogP contribution in [0.1, 0.15) is 40.5 Å². The summed E-state index contributed by atoms with van der Waals surface area (Å²) in [5.74, 6) is 3.13. The van der Waals surface area contributed by atoms with Crippen molar-refractivity contribution in [3.8, 4) is 17.2 Å². The van der Waals surface area contributed by atoms with Crippen LogP contribution in [0.5, 0.6) is 17.2 Å². The molecule has 1 aliphatic carbocycles. The van der Waals surface area contributed by atoms with Crippen molar-refractivity contribution in [3.63, 3.8) is 0 Å². The third-order valence-electron chi connectivity index (χ3n) is 5.63. The van der Waals surface area contributed by atoms with Gasteiger partial charge in [0.25, 0.3) is 0 Å². The Balaban J connectivity index is 1.40. The Hall–Kier alpha value is -1.98. The summed E-state index contributed by atoms with van der Waals surface area (Å²) in [7, 11) is -0.358. The van der Waals surface area contributed by atoms with Crippen molar-refractivity contribution in [2.24, 2.45) is 5.92 Å². The lowest BCUT2D eigenvalue weighted by molar-refractivity contribution is 0.00578. The van der Waals surface area contributed by atoms with Crippen LogP contribution in [-0.2, 0) is 9.31 Å². The Morgan fingerprint density at radius 2 is 1.52 bits per heavy atom. The Bertz CT molecular complexity index is 780. The summed E-state index contributed by atoms with van der Waals surface area (Å²) in [5.41, 5.74) is 0.309. The van der Waals surface area contributed by atoms with Crippen LogP contribution in [-0.4, -0.2) is 24.9 Å². The minimum Gasteiger partial charge on any atom is -0.493 e. The van der Waals surface area contributed by atoms with Crippen LogP contribution in [0.15, 0.2) is 48.5 Å². The van der Waals surface area contributed by atoms with E-state index in [9.17, 15) is 0 Å². The number of benzene rings is 2. The summed E-state index contributed by atoms with van der Waals surface area (Å²) in [4.78, 5) is 0. The third-order valence-corrected chi connectivity index (χ3v) is 5.63. The van der Waals surface area contributed by atoms with Crippen molar-refractivity contribution in [2.45, 2.75) is 51.7 Å². The predicted octanol–water partition coefficient (Wildman–Crippen LogP) is 4.57. The number of hydrogen-bond donors (Lipinski definition) is 0. The van der Waals surface area contributed by atoms with E-state index in [2.05, 4.69) is 27.7 Å². The molecule has 27 heavy (non-hydrogen) atoms. The molecule has 1 saturated heterocycles. The van der Waals surface area contributed by atoms with Crippen LogP contribution in [0.2, 0.25) is 0 Å². The van der Waals surface area contributed by atoms with Crippen molar-refractivity contribution in [1.82, 2.24) is 0 Å². The molecule has 1 heterocycles. The third kappa shape index (κ3) is 4.15. The van der Waals surface area contributed by atoms with E-state index in [-0.39, 0.29) is 18.3 Å². The fourth-order valence-corrected chi connectivity index (χ4v) is 2.93. The van der Waals surface area contributed by atoms with Gasteiger partial charge in [0.05, 0.1) is 17.8 Å². The Kier molecular flexibility index (Phi) is 4.69. The second-order valence-electron chi connectivity index (χ2n) is 8.49. The molecule has 0 atom stereocenters. The summed E-state index contributed by atoms with van der Waals surface area (Å²) in [5, 5.41) is 0. The smallest absolute Gasteiger partial charge is 0.493 e. The highest BCUT2D eigenvalue weighted by molar-refractivity contribution is 6.62. The van der Waals surface area contributed by atoms with Crippen molar-refractivity contribution < 1.29 is 18.8 Å². The van der Waals surface area contributed by atoms with E-state index in [1.807, 2.05) is 48.5 Å². The van der Waals surface area contributed by atoms with Gasteiger partial charge >= 0.3 is 7.12 Å². The number of hydrogen-bond acceptors (Lipinski definition) is 4. The van der Waals surface area contributed by atoms with Crippen LogP contribution >= 0.6 is 0 Å². The maximum absolute atomic E-state index is 6.10. The molecule has 0 aromatic heterocycles. The van der Waals surface area contributed by atoms with Gasteiger partial charge < -0.3 is 18.8 Å². The van der Waals surface area contributed by atoms with Crippen molar-refractivity contribution in [2.75, 3.05) is 6.61 Å². The first-order valence-corrected chi connectivity index (χ1v) is 9.69. The summed E-state index contributed by atoms with van der Waals surface area (Å²) >= 11 is 0. The Morgan fingerprint density at radius 1 is 0.889 bits per heavy atom. The molecule has 0 radical (unpaired) electrons. The second kappa shape index (κ2) is 6.88. The van der Waals surface area contributed by atoms with E-state index in [0.717, 1.165) is 35.2 Å². The van der Waals surface area contributed by atoms with Gasteiger partial charge in [-0.1, -0.05) is 18.2 Å². The quantitative estimate of drug-likeness (QED) is 0.702. The van der Waals surface area contributed by atoms with Gasteiger partial charge in [-0.2, -0.15) is 0 Å². The van der Waals surface area contributed by atoms with Gasteiger partial charge in [0, 0.05) is 6.07 Å². The topological polar surface area (TPSA) is 36.9 Å². The molecule has 0 N–H and O–H groups in total. The van der Waals surface area contributed by atoms with E-state index in [1.165, 1.54) is 12.8 Å². The molecule has 1 aliphatic heterocycles. The lowest BCUT2D eigenvalue weighted by Gasteiger charge is -2.32. The first-order valence-electron chi connectivity index (χ1n) is 9.69. The van der Waals surface area contributed by atoms with Crippen LogP contribution in [0.25, 0.3) is 0 Å². The molecule has 142 valence electrons. The van der Waals surface area contributed by atoms with Gasteiger partial charge in [-0.15, -0.1) is 0 Å². The number of ether oxygens (including phenoxy) is 2. The first kappa shape index (κ1) is 18.4. The molecule has 2 fully saturated rings. The van der Waals surface area contributed by atoms with Gasteiger partial charge in [-0.25, -0.2) is 0 Å². The molecule has 1 saturated carbocycles. The zero-order valence-corrected chi connectivity index (χ0v) is 16.5. The molecule has 2 aromatic carbocycles. The number of rotatable bonds is 6. The highest BCUT2D eigenvalue weighted by Gasteiger charge is 2.51. The molecule has 5 heteroatoms. The fourth-order valence-electron chi connectivity index (χ4n) is 2.93. The molecule has 4 rings (SSSR count). The van der Waals surface area contributed by atoms with Gasteiger partial charge in [0.2, 0.25) is 0 Å². The lowest BCUT2D eigenvalue weighted by Crippen LogP contribution is -2.41. The molecule has 4 nitrogen and oxygen atoms in total. The standard InChI is InChI=1S/C22H27BO4/c1-21(2)22(3,4)27-23(26-21)17-10-12-18(13-11-17)25-20-7-5-6-19(14-20)24-15-16-8-9-16/h5-7,10-14,16H,8-9,15H2,1-4H3. The molecule has 0 spiro atoms. The van der Waals surface area contributed by atoms with E-state index >= 15 is 0 Å². The van der Waals surface area contributed by atoms with E-state index in [1.54, 1.807) is 0 Å². The van der Waals surface area contributed by atoms with E-state index in [0.29, 0.717) is 0 Å². The normalized spacial score (nSPS) is 20.5. The second-order valence-corrected chi connectivity index (χ2v) is 8.49. The zero-order chi connectivity index (χ0) is 19.1. The van der Waals surface area contributed by atoms with Gasteiger partial charge in [-0.05, 0) is 76.2 Å². The van der Waals surface area contributed by atoms with E-state index < -0.39 is 0 Å². The van der Waals surface area contributed by atoms with E-state index in [4.69, 9.17) is 18.8 Å². The average molecular weight is 366 g/mol. The molecule has 0 bridgehead atoms. The summed E-state index contributed by atoms with van der Waals surface area (Å²) < 4.78 is 24.0. The summed E-state index contributed by atoms with van der Waals surface area (Å²) in [6.45, 7) is 9.03. The average Bonchev–Trinajstić information content (AvgIpc) is 3.41. The highest BCUT2D eigenvalue weighted by Crippen LogP contribution is 2.36. The first-order chi connectivity index (χ1) is 12.8. The SMILES string of the molecule is CC1(C)OB(c2ccc(Oc3cccc(OCC4CC4)c3)cc2)OC1(C)C. The monoisotopic (exact) mass is 366 g/mol. The zero-order valence-electron chi connectivity index (χ0n) is 16.5. The molecular formula is C22H27BO4. The van der Waals surface area contributed by atoms with Crippen molar-refractivity contribution in [1.29, 1.82) is 0 Å². The van der Waals surface area contributed by atoms with Crippen LogP contribution in [0, 0.1) is 5.92 Å². The van der Waals surface area contributed by atoms with Crippen LogP contribution < -0.4 is 14.9 Å². The predicted molar refractivity (Wildman–Crippen MR) is 107 cm³/mol. The fraction of sp³-hybridized carbons (Fsp3) is 0.455. The lowest BCUT2D eigenvalue weighted by atomic mass is 9.79. The van der Waals surface area contributed by atoms with Gasteiger partial charge in [0.1, 0.15) is 17.2 Å².